The number of non-ortho nitro benzene ring substituents is 1. The molecule has 0 N–H and O–H groups in total. The SMILES string of the molecule is CCC(C)C(=O)Cn1cnc(-c2ccc([N+](=O)[O-])cc2)n1. The van der Waals surface area contributed by atoms with Gasteiger partial charge in [0.2, 0.25) is 0 Å². The van der Waals surface area contributed by atoms with Crippen LogP contribution in [0.15, 0.2) is 30.6 Å². The molecule has 0 aliphatic rings. The highest BCUT2D eigenvalue weighted by Crippen LogP contribution is 2.19. The number of hydrogen-bond acceptors (Lipinski definition) is 5. The van der Waals surface area contributed by atoms with E-state index in [0.717, 1.165) is 6.42 Å². The number of carbonyl (C=O) groups excluding carboxylic acids is 1. The fraction of sp³-hybridized carbons (Fsp3) is 0.357. The van der Waals surface area contributed by atoms with E-state index in [9.17, 15) is 14.9 Å². The van der Waals surface area contributed by atoms with E-state index < -0.39 is 4.92 Å². The summed E-state index contributed by atoms with van der Waals surface area (Å²) in [6.07, 6.45) is 2.29. The maximum atomic E-state index is 11.8. The van der Waals surface area contributed by atoms with E-state index in [2.05, 4.69) is 10.1 Å². The first-order chi connectivity index (χ1) is 10.0. The van der Waals surface area contributed by atoms with Crippen LogP contribution < -0.4 is 0 Å². The van der Waals surface area contributed by atoms with Crippen LogP contribution in [0.1, 0.15) is 20.3 Å². The van der Waals surface area contributed by atoms with Crippen LogP contribution in [0, 0.1) is 16.0 Å². The van der Waals surface area contributed by atoms with Crippen molar-refractivity contribution in [1.82, 2.24) is 14.8 Å². The molecule has 0 aliphatic heterocycles. The zero-order valence-electron chi connectivity index (χ0n) is 11.9. The van der Waals surface area contributed by atoms with E-state index in [-0.39, 0.29) is 23.9 Å². The second-order valence-corrected chi connectivity index (χ2v) is 4.85. The van der Waals surface area contributed by atoms with Gasteiger partial charge in [-0.15, -0.1) is 0 Å². The Balaban J connectivity index is 2.12. The Morgan fingerprint density at radius 2 is 2.05 bits per heavy atom. The summed E-state index contributed by atoms with van der Waals surface area (Å²) >= 11 is 0. The summed E-state index contributed by atoms with van der Waals surface area (Å²) in [5.74, 6) is 0.552. The lowest BCUT2D eigenvalue weighted by molar-refractivity contribution is -0.384. The Morgan fingerprint density at radius 1 is 1.38 bits per heavy atom. The predicted octanol–water partition coefficient (Wildman–Crippen LogP) is 2.47. The molecule has 0 spiro atoms. The topological polar surface area (TPSA) is 90.9 Å². The fourth-order valence-corrected chi connectivity index (χ4v) is 1.78. The molecule has 110 valence electrons. The molecule has 2 rings (SSSR count). The standard InChI is InChI=1S/C14H16N4O3/c1-3-10(2)13(19)8-17-9-15-14(16-17)11-4-6-12(7-5-11)18(20)21/h4-7,9-10H,3,8H2,1-2H3. The third-order valence-corrected chi connectivity index (χ3v) is 3.35. The molecule has 21 heavy (non-hydrogen) atoms. The minimum atomic E-state index is -0.458. The molecule has 1 heterocycles. The van der Waals surface area contributed by atoms with Gasteiger partial charge in [-0.05, 0) is 18.6 Å². The lowest BCUT2D eigenvalue weighted by atomic mass is 10.0. The van der Waals surface area contributed by atoms with Gasteiger partial charge in [-0.1, -0.05) is 13.8 Å². The Kier molecular flexibility index (Phi) is 4.42. The number of rotatable bonds is 6. The lowest BCUT2D eigenvalue weighted by Gasteiger charge is -2.06. The van der Waals surface area contributed by atoms with Crippen LogP contribution in [0.5, 0.6) is 0 Å². The Labute approximate surface area is 121 Å². The first-order valence-corrected chi connectivity index (χ1v) is 6.68. The largest absolute Gasteiger partial charge is 0.297 e. The summed E-state index contributed by atoms with van der Waals surface area (Å²) in [5, 5.41) is 14.8. The van der Waals surface area contributed by atoms with Crippen molar-refractivity contribution < 1.29 is 9.72 Å². The van der Waals surface area contributed by atoms with Gasteiger partial charge in [0.05, 0.1) is 4.92 Å². The zero-order chi connectivity index (χ0) is 15.4. The summed E-state index contributed by atoms with van der Waals surface area (Å²) in [6, 6.07) is 5.99. The van der Waals surface area contributed by atoms with E-state index in [1.807, 2.05) is 13.8 Å². The Bertz CT molecular complexity index is 648. The van der Waals surface area contributed by atoms with Gasteiger partial charge in [0.1, 0.15) is 12.9 Å². The van der Waals surface area contributed by atoms with Crippen molar-refractivity contribution in [1.29, 1.82) is 0 Å². The van der Waals surface area contributed by atoms with Crippen LogP contribution in [0.4, 0.5) is 5.69 Å². The van der Waals surface area contributed by atoms with Crippen LogP contribution in [0.2, 0.25) is 0 Å². The van der Waals surface area contributed by atoms with Crippen molar-refractivity contribution in [2.75, 3.05) is 0 Å². The minimum Gasteiger partial charge on any atom is -0.297 e. The summed E-state index contributed by atoms with van der Waals surface area (Å²) < 4.78 is 1.49. The highest BCUT2D eigenvalue weighted by Gasteiger charge is 2.13. The highest BCUT2D eigenvalue weighted by atomic mass is 16.6. The van der Waals surface area contributed by atoms with Crippen LogP contribution in [0.3, 0.4) is 0 Å². The number of ketones is 1. The van der Waals surface area contributed by atoms with Crippen molar-refractivity contribution in [2.24, 2.45) is 5.92 Å². The van der Waals surface area contributed by atoms with Crippen molar-refractivity contribution in [3.05, 3.63) is 40.7 Å². The second kappa shape index (κ2) is 6.25. The number of nitrogens with zero attached hydrogens (tertiary/aromatic N) is 4. The molecule has 7 heteroatoms. The maximum Gasteiger partial charge on any atom is 0.269 e. The third-order valence-electron chi connectivity index (χ3n) is 3.35. The normalized spacial score (nSPS) is 12.1. The van der Waals surface area contributed by atoms with Gasteiger partial charge < -0.3 is 0 Å². The smallest absolute Gasteiger partial charge is 0.269 e. The molecular weight excluding hydrogens is 272 g/mol. The van der Waals surface area contributed by atoms with E-state index >= 15 is 0 Å². The average Bonchev–Trinajstić information content (AvgIpc) is 2.94. The number of nitro benzene ring substituents is 1. The number of carbonyl (C=O) groups is 1. The van der Waals surface area contributed by atoms with Gasteiger partial charge >= 0.3 is 0 Å². The number of benzene rings is 1. The van der Waals surface area contributed by atoms with Gasteiger partial charge in [0, 0.05) is 23.6 Å². The number of Topliss-reactive ketones (excluding diaryl/α,β-unsaturated/α-hetero) is 1. The monoisotopic (exact) mass is 288 g/mol. The van der Waals surface area contributed by atoms with E-state index in [1.54, 1.807) is 12.1 Å². The van der Waals surface area contributed by atoms with Crippen LogP contribution >= 0.6 is 0 Å². The van der Waals surface area contributed by atoms with Crippen LogP contribution in [-0.4, -0.2) is 25.5 Å². The molecule has 0 saturated heterocycles. The fourth-order valence-electron chi connectivity index (χ4n) is 1.78. The molecule has 0 bridgehead atoms. The quantitative estimate of drug-likeness (QED) is 0.601. The Morgan fingerprint density at radius 3 is 2.62 bits per heavy atom. The van der Waals surface area contributed by atoms with Gasteiger partial charge in [-0.25, -0.2) is 9.67 Å². The Hall–Kier alpha value is -2.57. The molecule has 1 aromatic heterocycles. The van der Waals surface area contributed by atoms with Gasteiger partial charge in [0.25, 0.3) is 5.69 Å². The van der Waals surface area contributed by atoms with Crippen molar-refractivity contribution in [3.8, 4) is 11.4 Å². The number of nitro groups is 1. The van der Waals surface area contributed by atoms with Crippen molar-refractivity contribution in [3.63, 3.8) is 0 Å². The van der Waals surface area contributed by atoms with E-state index in [0.29, 0.717) is 11.4 Å². The molecular formula is C14H16N4O3. The summed E-state index contributed by atoms with van der Waals surface area (Å²) in [4.78, 5) is 26.1. The summed E-state index contributed by atoms with van der Waals surface area (Å²) in [6.45, 7) is 4.04. The van der Waals surface area contributed by atoms with Crippen LogP contribution in [-0.2, 0) is 11.3 Å². The van der Waals surface area contributed by atoms with Crippen molar-refractivity contribution in [2.45, 2.75) is 26.8 Å². The molecule has 1 aromatic carbocycles. The van der Waals surface area contributed by atoms with Gasteiger partial charge in [0.15, 0.2) is 11.6 Å². The molecule has 0 amide bonds. The van der Waals surface area contributed by atoms with Gasteiger partial charge in [-0.3, -0.25) is 14.9 Å². The molecule has 0 saturated carbocycles. The molecule has 2 aromatic rings. The molecule has 1 unspecified atom stereocenters. The summed E-state index contributed by atoms with van der Waals surface area (Å²) in [7, 11) is 0. The first kappa shape index (κ1) is 14.8. The zero-order valence-corrected chi connectivity index (χ0v) is 11.9. The maximum absolute atomic E-state index is 11.8. The lowest BCUT2D eigenvalue weighted by Crippen LogP contribution is -2.17. The number of aromatic nitrogens is 3. The highest BCUT2D eigenvalue weighted by molar-refractivity contribution is 5.80. The first-order valence-electron chi connectivity index (χ1n) is 6.68. The van der Waals surface area contributed by atoms with Gasteiger partial charge in [-0.2, -0.15) is 5.10 Å². The molecule has 0 radical (unpaired) electrons. The molecule has 0 aliphatic carbocycles. The second-order valence-electron chi connectivity index (χ2n) is 4.85. The molecule has 1 atom stereocenters. The minimum absolute atomic E-state index is 0.00275. The molecule has 7 nitrogen and oxygen atoms in total. The number of hydrogen-bond donors (Lipinski definition) is 0. The van der Waals surface area contributed by atoms with Crippen molar-refractivity contribution >= 4 is 11.5 Å². The van der Waals surface area contributed by atoms with E-state index in [4.69, 9.17) is 0 Å². The average molecular weight is 288 g/mol. The predicted molar refractivity (Wildman–Crippen MR) is 76.6 cm³/mol. The van der Waals surface area contributed by atoms with E-state index in [1.165, 1.54) is 23.1 Å². The van der Waals surface area contributed by atoms with Crippen LogP contribution in [0.25, 0.3) is 11.4 Å². The molecule has 0 fully saturated rings. The summed E-state index contributed by atoms with van der Waals surface area (Å²) in [5.41, 5.74) is 0.695. The third kappa shape index (κ3) is 3.50.